The molecule has 1 aromatic carbocycles. The smallest absolute Gasteiger partial charge is 0.354 e. The number of carboxylic acid groups (broad SMARTS) is 1. The zero-order valence-corrected chi connectivity index (χ0v) is 9.33. The van der Waals surface area contributed by atoms with E-state index in [-0.39, 0.29) is 12.3 Å². The lowest BCUT2D eigenvalue weighted by molar-refractivity contribution is 0.0682. The van der Waals surface area contributed by atoms with Gasteiger partial charge in [-0.1, -0.05) is 18.2 Å². The van der Waals surface area contributed by atoms with Crippen LogP contribution in [0.2, 0.25) is 0 Å². The number of benzene rings is 1. The van der Waals surface area contributed by atoms with Gasteiger partial charge in [-0.25, -0.2) is 4.79 Å². The van der Waals surface area contributed by atoms with Crippen molar-refractivity contribution < 1.29 is 14.6 Å². The van der Waals surface area contributed by atoms with E-state index in [1.807, 2.05) is 30.3 Å². The number of aromatic nitrogens is 2. The number of nitrogens with zero attached hydrogens (tertiary/aromatic N) is 2. The third kappa shape index (κ3) is 2.44. The molecule has 17 heavy (non-hydrogen) atoms. The SMILES string of the molecule is Cn1ncc(COc2ccccc2)c1C(=O)O. The lowest BCUT2D eigenvalue weighted by Crippen LogP contribution is -2.09. The molecule has 0 fully saturated rings. The first-order valence-corrected chi connectivity index (χ1v) is 5.10. The standard InChI is InChI=1S/C12H12N2O3/c1-14-11(12(15)16)9(7-13-14)8-17-10-5-3-2-4-6-10/h2-7H,8H2,1H3,(H,15,16). The molecule has 0 saturated heterocycles. The number of aromatic carboxylic acids is 1. The van der Waals surface area contributed by atoms with Crippen molar-refractivity contribution in [2.75, 3.05) is 0 Å². The Morgan fingerprint density at radius 2 is 2.12 bits per heavy atom. The number of carbonyl (C=O) groups is 1. The number of hydrogen-bond donors (Lipinski definition) is 1. The zero-order chi connectivity index (χ0) is 12.3. The molecule has 0 unspecified atom stereocenters. The number of carboxylic acids is 1. The second-order valence-electron chi connectivity index (χ2n) is 3.55. The van der Waals surface area contributed by atoms with Gasteiger partial charge in [0.1, 0.15) is 12.4 Å². The summed E-state index contributed by atoms with van der Waals surface area (Å²) in [4.78, 5) is 11.0. The minimum atomic E-state index is -1.00. The molecule has 5 nitrogen and oxygen atoms in total. The molecule has 0 atom stereocenters. The zero-order valence-electron chi connectivity index (χ0n) is 9.33. The van der Waals surface area contributed by atoms with E-state index in [0.29, 0.717) is 11.3 Å². The normalized spacial score (nSPS) is 10.2. The van der Waals surface area contributed by atoms with Gasteiger partial charge < -0.3 is 9.84 Å². The number of rotatable bonds is 4. The predicted molar refractivity (Wildman–Crippen MR) is 60.9 cm³/mol. The van der Waals surface area contributed by atoms with Gasteiger partial charge in [0.25, 0.3) is 0 Å². The highest BCUT2D eigenvalue weighted by Crippen LogP contribution is 2.14. The minimum absolute atomic E-state index is 0.154. The van der Waals surface area contributed by atoms with Gasteiger partial charge in [0.2, 0.25) is 0 Å². The monoisotopic (exact) mass is 232 g/mol. The predicted octanol–water partition coefficient (Wildman–Crippen LogP) is 1.70. The Morgan fingerprint density at radius 1 is 1.41 bits per heavy atom. The minimum Gasteiger partial charge on any atom is -0.489 e. The maximum Gasteiger partial charge on any atom is 0.354 e. The Labute approximate surface area is 98.3 Å². The summed E-state index contributed by atoms with van der Waals surface area (Å²) < 4.78 is 6.80. The summed E-state index contributed by atoms with van der Waals surface area (Å²) >= 11 is 0. The summed E-state index contributed by atoms with van der Waals surface area (Å²) in [5, 5.41) is 12.9. The van der Waals surface area contributed by atoms with Crippen LogP contribution in [0.15, 0.2) is 36.5 Å². The fraction of sp³-hybridized carbons (Fsp3) is 0.167. The van der Waals surface area contributed by atoms with Crippen LogP contribution in [0.3, 0.4) is 0 Å². The Bertz CT molecular complexity index is 520. The van der Waals surface area contributed by atoms with E-state index in [1.165, 1.54) is 10.9 Å². The Balaban J connectivity index is 2.12. The summed E-state index contributed by atoms with van der Waals surface area (Å²) in [5.41, 5.74) is 0.713. The van der Waals surface area contributed by atoms with Crippen LogP contribution in [0.25, 0.3) is 0 Å². The van der Waals surface area contributed by atoms with E-state index >= 15 is 0 Å². The summed E-state index contributed by atoms with van der Waals surface area (Å²) in [6.07, 6.45) is 1.51. The molecule has 0 amide bonds. The Hall–Kier alpha value is -2.30. The molecule has 0 aliphatic carbocycles. The second kappa shape index (κ2) is 4.69. The van der Waals surface area contributed by atoms with Gasteiger partial charge in [-0.05, 0) is 12.1 Å². The van der Waals surface area contributed by atoms with E-state index in [4.69, 9.17) is 9.84 Å². The van der Waals surface area contributed by atoms with Crippen molar-refractivity contribution in [1.29, 1.82) is 0 Å². The molecule has 0 saturated carbocycles. The van der Waals surface area contributed by atoms with Gasteiger partial charge in [0.15, 0.2) is 5.69 Å². The van der Waals surface area contributed by atoms with Gasteiger partial charge in [-0.15, -0.1) is 0 Å². The first-order chi connectivity index (χ1) is 8.18. The molecule has 0 spiro atoms. The lowest BCUT2D eigenvalue weighted by atomic mass is 10.2. The van der Waals surface area contributed by atoms with Crippen LogP contribution >= 0.6 is 0 Å². The van der Waals surface area contributed by atoms with Crippen LogP contribution in [0.4, 0.5) is 0 Å². The van der Waals surface area contributed by atoms with Crippen molar-refractivity contribution in [3.05, 3.63) is 47.8 Å². The van der Waals surface area contributed by atoms with Crippen molar-refractivity contribution in [2.45, 2.75) is 6.61 Å². The average Bonchev–Trinajstić information content (AvgIpc) is 2.69. The summed E-state index contributed by atoms with van der Waals surface area (Å²) in [5.74, 6) is -0.302. The average molecular weight is 232 g/mol. The molecule has 88 valence electrons. The highest BCUT2D eigenvalue weighted by atomic mass is 16.5. The summed E-state index contributed by atoms with van der Waals surface area (Å²) in [6.45, 7) is 0.194. The molecule has 0 bridgehead atoms. The molecule has 1 N–H and O–H groups in total. The van der Waals surface area contributed by atoms with E-state index in [9.17, 15) is 4.79 Å². The van der Waals surface area contributed by atoms with Gasteiger partial charge >= 0.3 is 5.97 Å². The molecule has 0 aliphatic rings. The molecule has 2 aromatic rings. The molecule has 1 heterocycles. The maximum absolute atomic E-state index is 11.0. The van der Waals surface area contributed by atoms with Crippen LogP contribution in [0.1, 0.15) is 16.1 Å². The molecule has 0 radical (unpaired) electrons. The molecule has 1 aromatic heterocycles. The third-order valence-electron chi connectivity index (χ3n) is 2.35. The van der Waals surface area contributed by atoms with Crippen molar-refractivity contribution in [3.8, 4) is 5.75 Å². The highest BCUT2D eigenvalue weighted by Gasteiger charge is 2.15. The van der Waals surface area contributed by atoms with Gasteiger partial charge in [-0.3, -0.25) is 4.68 Å². The van der Waals surface area contributed by atoms with Crippen LogP contribution in [0, 0.1) is 0 Å². The molecule has 5 heteroatoms. The van der Waals surface area contributed by atoms with Crippen LogP contribution in [-0.2, 0) is 13.7 Å². The van der Waals surface area contributed by atoms with E-state index in [0.717, 1.165) is 0 Å². The number of ether oxygens (including phenoxy) is 1. The largest absolute Gasteiger partial charge is 0.489 e. The number of para-hydroxylation sites is 1. The van der Waals surface area contributed by atoms with Crippen molar-refractivity contribution in [2.24, 2.45) is 7.05 Å². The van der Waals surface area contributed by atoms with Crippen LogP contribution in [0.5, 0.6) is 5.75 Å². The summed E-state index contributed by atoms with van der Waals surface area (Å²) in [6, 6.07) is 9.24. The highest BCUT2D eigenvalue weighted by molar-refractivity contribution is 5.87. The Kier molecular flexibility index (Phi) is 3.09. The number of aryl methyl sites for hydroxylation is 1. The van der Waals surface area contributed by atoms with Crippen molar-refractivity contribution >= 4 is 5.97 Å². The molecular weight excluding hydrogens is 220 g/mol. The topological polar surface area (TPSA) is 64.4 Å². The van der Waals surface area contributed by atoms with E-state index in [2.05, 4.69) is 5.10 Å². The summed E-state index contributed by atoms with van der Waals surface area (Å²) in [7, 11) is 1.59. The maximum atomic E-state index is 11.0. The third-order valence-corrected chi connectivity index (χ3v) is 2.35. The van der Waals surface area contributed by atoms with E-state index < -0.39 is 5.97 Å². The lowest BCUT2D eigenvalue weighted by Gasteiger charge is -2.05. The second-order valence-corrected chi connectivity index (χ2v) is 3.55. The van der Waals surface area contributed by atoms with Gasteiger partial charge in [0.05, 0.1) is 6.20 Å². The molecule has 0 aliphatic heterocycles. The van der Waals surface area contributed by atoms with E-state index in [1.54, 1.807) is 7.05 Å². The number of hydrogen-bond acceptors (Lipinski definition) is 3. The van der Waals surface area contributed by atoms with Crippen LogP contribution < -0.4 is 4.74 Å². The molecule has 2 rings (SSSR count). The fourth-order valence-electron chi connectivity index (χ4n) is 1.54. The van der Waals surface area contributed by atoms with Crippen molar-refractivity contribution in [1.82, 2.24) is 9.78 Å². The van der Waals surface area contributed by atoms with Gasteiger partial charge in [-0.2, -0.15) is 5.10 Å². The quantitative estimate of drug-likeness (QED) is 0.871. The van der Waals surface area contributed by atoms with Gasteiger partial charge in [0, 0.05) is 12.6 Å². The fourth-order valence-corrected chi connectivity index (χ4v) is 1.54. The van der Waals surface area contributed by atoms with Crippen molar-refractivity contribution in [3.63, 3.8) is 0 Å². The molecular formula is C12H12N2O3. The first-order valence-electron chi connectivity index (χ1n) is 5.10. The first kappa shape index (κ1) is 11.2. The Morgan fingerprint density at radius 3 is 2.76 bits per heavy atom. The van der Waals surface area contributed by atoms with Crippen LogP contribution in [-0.4, -0.2) is 20.9 Å².